The van der Waals surface area contributed by atoms with Gasteiger partial charge in [-0.2, -0.15) is 0 Å². The van der Waals surface area contributed by atoms with E-state index >= 15 is 0 Å². The largest absolute Gasteiger partial charge is 0.370 e. The number of hydrogen-bond donors (Lipinski definition) is 2. The highest BCUT2D eigenvalue weighted by molar-refractivity contribution is 5.81. The normalized spacial score (nSPS) is 21.1. The minimum atomic E-state index is -0.631. The van der Waals surface area contributed by atoms with Gasteiger partial charge >= 0.3 is 0 Å². The van der Waals surface area contributed by atoms with Crippen molar-refractivity contribution in [3.05, 3.63) is 65.7 Å². The molecule has 1 aliphatic rings. The lowest BCUT2D eigenvalue weighted by Crippen LogP contribution is -2.61. The number of primary amides is 1. The predicted octanol–water partition coefficient (Wildman–Crippen LogP) is 4.22. The van der Waals surface area contributed by atoms with Crippen LogP contribution in [0.25, 0.3) is 0 Å². The van der Waals surface area contributed by atoms with E-state index in [0.717, 1.165) is 24.2 Å². The van der Waals surface area contributed by atoms with Crippen LogP contribution in [-0.4, -0.2) is 24.0 Å². The highest BCUT2D eigenvalue weighted by atomic mass is 16.2. The molecule has 0 saturated carbocycles. The van der Waals surface area contributed by atoms with E-state index in [0.29, 0.717) is 6.42 Å². The first-order valence-electron chi connectivity index (χ1n) is 11.2. The summed E-state index contributed by atoms with van der Waals surface area (Å²) in [6, 6.07) is 18.7. The van der Waals surface area contributed by atoms with Gasteiger partial charge in [0.15, 0.2) is 0 Å². The Balaban J connectivity index is 1.96. The number of hydrogen-bond acceptors (Lipinski definition) is 3. The maximum atomic E-state index is 13.2. The average Bonchev–Trinajstić information content (AvgIpc) is 2.97. The molecule has 2 aromatic rings. The molecule has 0 bridgehead atoms. The van der Waals surface area contributed by atoms with E-state index in [2.05, 4.69) is 55.3 Å². The third-order valence-corrected chi connectivity index (χ3v) is 6.78. The van der Waals surface area contributed by atoms with Crippen LogP contribution < -0.4 is 16.0 Å². The predicted molar refractivity (Wildman–Crippen MR) is 126 cm³/mol. The van der Waals surface area contributed by atoms with Gasteiger partial charge in [0.2, 0.25) is 11.8 Å². The number of anilines is 1. The van der Waals surface area contributed by atoms with Crippen LogP contribution in [0.15, 0.2) is 54.6 Å². The zero-order chi connectivity index (χ0) is 22.6. The van der Waals surface area contributed by atoms with E-state index in [-0.39, 0.29) is 36.0 Å². The minimum Gasteiger partial charge on any atom is -0.370 e. The Hall–Kier alpha value is -2.82. The van der Waals surface area contributed by atoms with Crippen LogP contribution in [0.3, 0.4) is 0 Å². The second kappa shape index (κ2) is 9.54. The van der Waals surface area contributed by atoms with Gasteiger partial charge in [0.05, 0.1) is 0 Å². The summed E-state index contributed by atoms with van der Waals surface area (Å²) < 4.78 is 0. The number of fused-ring (bicyclic) bond motifs is 1. The molecule has 0 aliphatic carbocycles. The Morgan fingerprint density at radius 1 is 1.06 bits per heavy atom. The Labute approximate surface area is 186 Å². The van der Waals surface area contributed by atoms with E-state index in [9.17, 15) is 9.59 Å². The van der Waals surface area contributed by atoms with Gasteiger partial charge in [0.25, 0.3) is 0 Å². The molecular weight excluding hydrogens is 386 g/mol. The molecule has 0 aromatic heterocycles. The summed E-state index contributed by atoms with van der Waals surface area (Å²) in [7, 11) is 0. The van der Waals surface area contributed by atoms with Crippen molar-refractivity contribution in [2.75, 3.05) is 11.4 Å². The lowest BCUT2D eigenvalue weighted by molar-refractivity contribution is -0.127. The fourth-order valence-electron chi connectivity index (χ4n) is 4.55. The van der Waals surface area contributed by atoms with Gasteiger partial charge in [-0.15, -0.1) is 0 Å². The summed E-state index contributed by atoms with van der Waals surface area (Å²) in [6.07, 6.45) is 1.75. The van der Waals surface area contributed by atoms with E-state index in [1.165, 1.54) is 5.56 Å². The monoisotopic (exact) mass is 421 g/mol. The van der Waals surface area contributed by atoms with Crippen LogP contribution in [0.1, 0.15) is 57.6 Å². The van der Waals surface area contributed by atoms with Gasteiger partial charge in [-0.3, -0.25) is 9.59 Å². The van der Waals surface area contributed by atoms with Gasteiger partial charge in [-0.25, -0.2) is 0 Å². The summed E-state index contributed by atoms with van der Waals surface area (Å²) in [5, 5.41) is 3.38. The summed E-state index contributed by atoms with van der Waals surface area (Å²) in [5.41, 5.74) is 8.40. The molecule has 31 heavy (non-hydrogen) atoms. The van der Waals surface area contributed by atoms with Crippen LogP contribution in [0.2, 0.25) is 0 Å². The summed E-state index contributed by atoms with van der Waals surface area (Å²) in [5.74, 6) is -0.152. The van der Waals surface area contributed by atoms with Crippen molar-refractivity contribution in [1.82, 2.24) is 5.32 Å². The molecule has 0 radical (unpaired) electrons. The van der Waals surface area contributed by atoms with Gasteiger partial charge in [0, 0.05) is 30.5 Å². The number of para-hydroxylation sites is 1. The third-order valence-electron chi connectivity index (χ3n) is 6.78. The molecule has 0 fully saturated rings. The molecule has 3 N–H and O–H groups in total. The fourth-order valence-corrected chi connectivity index (χ4v) is 4.55. The second-order valence-corrected chi connectivity index (χ2v) is 9.17. The van der Waals surface area contributed by atoms with Crippen LogP contribution in [0.4, 0.5) is 5.69 Å². The Morgan fingerprint density at radius 3 is 2.35 bits per heavy atom. The SMILES string of the molecule is CC(C)C(C)C(=O)NC1(C)C(CCC(N)=O)c2ccccc2N1CCc1ccccc1. The number of rotatable bonds is 9. The molecule has 0 spiro atoms. The molecule has 3 unspecified atom stereocenters. The number of nitrogens with one attached hydrogen (secondary N) is 1. The number of carbonyl (C=O) groups excluding carboxylic acids is 2. The molecule has 2 amide bonds. The van der Waals surface area contributed by atoms with Crippen molar-refractivity contribution in [3.63, 3.8) is 0 Å². The molecule has 5 nitrogen and oxygen atoms in total. The van der Waals surface area contributed by atoms with E-state index < -0.39 is 5.66 Å². The number of nitrogens with two attached hydrogens (primary N) is 1. The Morgan fingerprint density at radius 2 is 1.71 bits per heavy atom. The Bertz CT molecular complexity index is 912. The standard InChI is InChI=1S/C26H35N3O2/c1-18(2)19(3)25(31)28-26(4)22(14-15-24(27)30)21-12-8-9-13-23(21)29(26)17-16-20-10-6-5-7-11-20/h5-13,18-19,22H,14-17H2,1-4H3,(H2,27,30)(H,28,31). The zero-order valence-electron chi connectivity index (χ0n) is 19.1. The fraction of sp³-hybridized carbons (Fsp3) is 0.462. The number of carbonyl (C=O) groups is 2. The molecule has 1 heterocycles. The van der Waals surface area contributed by atoms with Gasteiger partial charge in [-0.05, 0) is 42.9 Å². The van der Waals surface area contributed by atoms with Crippen molar-refractivity contribution in [1.29, 1.82) is 0 Å². The molecule has 3 atom stereocenters. The van der Waals surface area contributed by atoms with Crippen molar-refractivity contribution in [2.24, 2.45) is 17.6 Å². The summed E-state index contributed by atoms with van der Waals surface area (Å²) >= 11 is 0. The van der Waals surface area contributed by atoms with Crippen molar-refractivity contribution >= 4 is 17.5 Å². The lowest BCUT2D eigenvalue weighted by atomic mass is 9.85. The lowest BCUT2D eigenvalue weighted by Gasteiger charge is -2.43. The highest BCUT2D eigenvalue weighted by Gasteiger charge is 2.49. The maximum Gasteiger partial charge on any atom is 0.224 e. The van der Waals surface area contributed by atoms with Crippen molar-refractivity contribution in [3.8, 4) is 0 Å². The molecule has 1 aliphatic heterocycles. The first kappa shape index (κ1) is 22.9. The second-order valence-electron chi connectivity index (χ2n) is 9.17. The van der Waals surface area contributed by atoms with Gasteiger partial charge in [0.1, 0.15) is 5.66 Å². The van der Waals surface area contributed by atoms with Crippen LogP contribution >= 0.6 is 0 Å². The minimum absolute atomic E-state index is 0.0183. The highest BCUT2D eigenvalue weighted by Crippen LogP contribution is 2.48. The topological polar surface area (TPSA) is 75.4 Å². The number of nitrogens with zero attached hydrogens (tertiary/aromatic N) is 1. The van der Waals surface area contributed by atoms with Crippen LogP contribution in [-0.2, 0) is 16.0 Å². The number of benzene rings is 2. The van der Waals surface area contributed by atoms with Gasteiger partial charge in [-0.1, -0.05) is 69.3 Å². The molecule has 2 aromatic carbocycles. The summed E-state index contributed by atoms with van der Waals surface area (Å²) in [4.78, 5) is 27.1. The zero-order valence-corrected chi connectivity index (χ0v) is 19.1. The molecule has 166 valence electrons. The quantitative estimate of drug-likeness (QED) is 0.636. The smallest absolute Gasteiger partial charge is 0.224 e. The van der Waals surface area contributed by atoms with Crippen molar-refractivity contribution in [2.45, 2.75) is 58.5 Å². The van der Waals surface area contributed by atoms with E-state index in [4.69, 9.17) is 5.73 Å². The molecule has 3 rings (SSSR count). The van der Waals surface area contributed by atoms with Crippen molar-refractivity contribution < 1.29 is 9.59 Å². The van der Waals surface area contributed by atoms with Crippen LogP contribution in [0.5, 0.6) is 0 Å². The molecule has 0 saturated heterocycles. The van der Waals surface area contributed by atoms with E-state index in [1.54, 1.807) is 0 Å². The van der Waals surface area contributed by atoms with Crippen LogP contribution in [0, 0.1) is 11.8 Å². The first-order valence-corrected chi connectivity index (χ1v) is 11.2. The summed E-state index contributed by atoms with van der Waals surface area (Å²) in [6.45, 7) is 8.95. The maximum absolute atomic E-state index is 13.2. The molecule has 5 heteroatoms. The average molecular weight is 422 g/mol. The van der Waals surface area contributed by atoms with E-state index in [1.807, 2.05) is 37.3 Å². The van der Waals surface area contributed by atoms with Gasteiger partial charge < -0.3 is 16.0 Å². The Kier molecular flexibility index (Phi) is 7.04. The third kappa shape index (κ3) is 4.92. The first-order chi connectivity index (χ1) is 14.7. The molecular formula is C26H35N3O2. The number of amides is 2.